The third kappa shape index (κ3) is 4.40. The maximum atomic E-state index is 12.2. The Hall–Kier alpha value is -1.16. The molecule has 0 spiro atoms. The molecule has 1 aromatic rings. The van der Waals surface area contributed by atoms with E-state index in [2.05, 4.69) is 37.8 Å². The normalized spacial score (nSPS) is 23.8. The molecular weight excluding hydrogens is 262 g/mol. The van der Waals surface area contributed by atoms with Crippen molar-refractivity contribution in [2.75, 3.05) is 13.6 Å². The third-order valence-corrected chi connectivity index (χ3v) is 4.73. The second-order valence-corrected chi connectivity index (χ2v) is 7.72. The van der Waals surface area contributed by atoms with Gasteiger partial charge in [-0.15, -0.1) is 0 Å². The zero-order valence-corrected chi connectivity index (χ0v) is 14.1. The number of ketones is 1. The average Bonchev–Trinajstić information content (AvgIpc) is 2.76. The molecule has 0 bridgehead atoms. The molecule has 1 saturated carbocycles. The van der Waals surface area contributed by atoms with Crippen molar-refractivity contribution in [3.8, 4) is 0 Å². The number of hydrogen-bond acceptors (Lipinski definition) is 3. The quantitative estimate of drug-likeness (QED) is 0.856. The summed E-state index contributed by atoms with van der Waals surface area (Å²) in [6, 6.07) is 0. The van der Waals surface area contributed by atoms with Crippen LogP contribution in [0, 0.1) is 17.3 Å². The lowest BCUT2D eigenvalue weighted by Crippen LogP contribution is -2.37. The standard InChI is InChI=1S/C17H29N3O/c1-17(2,3)15-6-7-16(21)14(8-15)12-19(4)10-13-9-18-20(5)11-13/h9,11,14-15H,6-8,10,12H2,1-5H3. The highest BCUT2D eigenvalue weighted by Crippen LogP contribution is 2.39. The molecule has 21 heavy (non-hydrogen) atoms. The lowest BCUT2D eigenvalue weighted by atomic mass is 9.68. The average molecular weight is 291 g/mol. The van der Waals surface area contributed by atoms with E-state index in [-0.39, 0.29) is 5.92 Å². The van der Waals surface area contributed by atoms with Gasteiger partial charge in [-0.1, -0.05) is 20.8 Å². The second-order valence-electron chi connectivity index (χ2n) is 7.72. The smallest absolute Gasteiger partial charge is 0.137 e. The number of carbonyl (C=O) groups is 1. The molecule has 2 rings (SSSR count). The SMILES string of the molecule is CN(Cc1cnn(C)c1)CC1CC(C(C)(C)C)CCC1=O. The monoisotopic (exact) mass is 291 g/mol. The summed E-state index contributed by atoms with van der Waals surface area (Å²) in [5, 5.41) is 4.20. The molecule has 0 aliphatic heterocycles. The summed E-state index contributed by atoms with van der Waals surface area (Å²) in [6.45, 7) is 8.61. The Morgan fingerprint density at radius 2 is 2.14 bits per heavy atom. The van der Waals surface area contributed by atoms with E-state index in [9.17, 15) is 4.79 Å². The molecule has 1 aliphatic rings. The molecule has 4 heteroatoms. The van der Waals surface area contributed by atoms with Crippen LogP contribution in [0.15, 0.2) is 12.4 Å². The molecule has 4 nitrogen and oxygen atoms in total. The summed E-state index contributed by atoms with van der Waals surface area (Å²) in [4.78, 5) is 14.5. The van der Waals surface area contributed by atoms with Crippen molar-refractivity contribution in [2.45, 2.75) is 46.6 Å². The molecule has 2 atom stereocenters. The van der Waals surface area contributed by atoms with Crippen LogP contribution >= 0.6 is 0 Å². The minimum absolute atomic E-state index is 0.199. The summed E-state index contributed by atoms with van der Waals surface area (Å²) in [6.07, 6.45) is 6.80. The number of nitrogens with zero attached hydrogens (tertiary/aromatic N) is 3. The van der Waals surface area contributed by atoms with Gasteiger partial charge in [-0.05, 0) is 31.2 Å². The van der Waals surface area contributed by atoms with E-state index in [1.165, 1.54) is 5.56 Å². The van der Waals surface area contributed by atoms with Crippen molar-refractivity contribution in [3.63, 3.8) is 0 Å². The van der Waals surface area contributed by atoms with Crippen LogP contribution in [0.25, 0.3) is 0 Å². The van der Waals surface area contributed by atoms with Gasteiger partial charge in [-0.25, -0.2) is 0 Å². The summed E-state index contributed by atoms with van der Waals surface area (Å²) in [5.41, 5.74) is 1.51. The van der Waals surface area contributed by atoms with Gasteiger partial charge in [0, 0.05) is 44.2 Å². The highest BCUT2D eigenvalue weighted by atomic mass is 16.1. The van der Waals surface area contributed by atoms with Gasteiger partial charge < -0.3 is 4.90 Å². The predicted molar refractivity (Wildman–Crippen MR) is 84.8 cm³/mol. The topological polar surface area (TPSA) is 38.1 Å². The Labute approximate surface area is 128 Å². The van der Waals surface area contributed by atoms with Crippen LogP contribution < -0.4 is 0 Å². The van der Waals surface area contributed by atoms with E-state index in [1.54, 1.807) is 0 Å². The van der Waals surface area contributed by atoms with Gasteiger partial charge in [-0.2, -0.15) is 5.10 Å². The number of Topliss-reactive ketones (excluding diaryl/α,β-unsaturated/α-hetero) is 1. The first kappa shape index (κ1) is 16.2. The Morgan fingerprint density at radius 3 is 2.71 bits per heavy atom. The zero-order valence-electron chi connectivity index (χ0n) is 14.1. The van der Waals surface area contributed by atoms with Crippen LogP contribution in [0.4, 0.5) is 0 Å². The fraction of sp³-hybridized carbons (Fsp3) is 0.765. The van der Waals surface area contributed by atoms with Crippen molar-refractivity contribution in [1.82, 2.24) is 14.7 Å². The van der Waals surface area contributed by atoms with Gasteiger partial charge in [-0.3, -0.25) is 9.48 Å². The minimum atomic E-state index is 0.199. The molecule has 0 amide bonds. The van der Waals surface area contributed by atoms with Gasteiger partial charge in [0.15, 0.2) is 0 Å². The van der Waals surface area contributed by atoms with E-state index in [1.807, 2.05) is 24.1 Å². The van der Waals surface area contributed by atoms with E-state index in [4.69, 9.17) is 0 Å². The molecule has 0 saturated heterocycles. The van der Waals surface area contributed by atoms with Crippen molar-refractivity contribution in [1.29, 1.82) is 0 Å². The molecule has 0 aromatic carbocycles. The van der Waals surface area contributed by atoms with Gasteiger partial charge in [0.1, 0.15) is 5.78 Å². The van der Waals surface area contributed by atoms with Crippen LogP contribution in [-0.2, 0) is 18.4 Å². The molecule has 0 N–H and O–H groups in total. The fourth-order valence-electron chi connectivity index (χ4n) is 3.38. The van der Waals surface area contributed by atoms with Crippen molar-refractivity contribution < 1.29 is 4.79 Å². The third-order valence-electron chi connectivity index (χ3n) is 4.73. The Balaban J connectivity index is 1.92. The van der Waals surface area contributed by atoms with E-state index in [0.717, 1.165) is 32.4 Å². The first-order valence-electron chi connectivity index (χ1n) is 7.94. The molecule has 1 aromatic heterocycles. The maximum absolute atomic E-state index is 12.2. The van der Waals surface area contributed by atoms with Gasteiger partial charge in [0.25, 0.3) is 0 Å². The van der Waals surface area contributed by atoms with Crippen molar-refractivity contribution >= 4 is 5.78 Å². The van der Waals surface area contributed by atoms with Gasteiger partial charge in [0.2, 0.25) is 0 Å². The summed E-state index contributed by atoms with van der Waals surface area (Å²) < 4.78 is 1.82. The molecular formula is C17H29N3O. The van der Waals surface area contributed by atoms with Crippen LogP contribution in [0.1, 0.15) is 45.6 Å². The Kier molecular flexibility index (Phi) is 4.87. The van der Waals surface area contributed by atoms with Crippen molar-refractivity contribution in [2.24, 2.45) is 24.3 Å². The van der Waals surface area contributed by atoms with E-state index < -0.39 is 0 Å². The lowest BCUT2D eigenvalue weighted by Gasteiger charge is -2.38. The van der Waals surface area contributed by atoms with Gasteiger partial charge in [0.05, 0.1) is 6.20 Å². The first-order chi connectivity index (χ1) is 9.75. The van der Waals surface area contributed by atoms with E-state index >= 15 is 0 Å². The molecule has 1 heterocycles. The first-order valence-corrected chi connectivity index (χ1v) is 7.94. The van der Waals surface area contributed by atoms with Crippen LogP contribution in [0.5, 0.6) is 0 Å². The number of carbonyl (C=O) groups excluding carboxylic acids is 1. The van der Waals surface area contributed by atoms with Crippen LogP contribution in [0.3, 0.4) is 0 Å². The number of aryl methyl sites for hydroxylation is 1. The highest BCUT2D eigenvalue weighted by Gasteiger charge is 2.35. The Bertz CT molecular complexity index is 486. The van der Waals surface area contributed by atoms with E-state index in [0.29, 0.717) is 17.1 Å². The van der Waals surface area contributed by atoms with Gasteiger partial charge >= 0.3 is 0 Å². The van der Waals surface area contributed by atoms with Crippen molar-refractivity contribution in [3.05, 3.63) is 18.0 Å². The summed E-state index contributed by atoms with van der Waals surface area (Å²) in [5.74, 6) is 1.31. The summed E-state index contributed by atoms with van der Waals surface area (Å²) in [7, 11) is 4.03. The molecule has 1 fully saturated rings. The molecule has 118 valence electrons. The molecule has 0 radical (unpaired) electrons. The minimum Gasteiger partial charge on any atom is -0.301 e. The number of aromatic nitrogens is 2. The van der Waals surface area contributed by atoms with Crippen LogP contribution in [0.2, 0.25) is 0 Å². The predicted octanol–water partition coefficient (Wildman–Crippen LogP) is 2.88. The fourth-order valence-corrected chi connectivity index (χ4v) is 3.38. The second kappa shape index (κ2) is 6.30. The number of hydrogen-bond donors (Lipinski definition) is 0. The summed E-state index contributed by atoms with van der Waals surface area (Å²) >= 11 is 0. The van der Waals surface area contributed by atoms with Crippen LogP contribution in [-0.4, -0.2) is 34.1 Å². The maximum Gasteiger partial charge on any atom is 0.137 e. The largest absolute Gasteiger partial charge is 0.301 e. The zero-order chi connectivity index (χ0) is 15.6. The molecule has 1 aliphatic carbocycles. The molecule has 2 unspecified atom stereocenters. The number of rotatable bonds is 4. The highest BCUT2D eigenvalue weighted by molar-refractivity contribution is 5.82. The Morgan fingerprint density at radius 1 is 1.43 bits per heavy atom. The lowest BCUT2D eigenvalue weighted by molar-refractivity contribution is -0.127.